The summed E-state index contributed by atoms with van der Waals surface area (Å²) in [5, 5.41) is 0. The van der Waals surface area contributed by atoms with Crippen LogP contribution in [-0.2, 0) is 28.2 Å². The van der Waals surface area contributed by atoms with Gasteiger partial charge in [0.1, 0.15) is 18.1 Å². The second-order valence-corrected chi connectivity index (χ2v) is 9.28. The summed E-state index contributed by atoms with van der Waals surface area (Å²) in [5.41, 5.74) is 4.42. The molecule has 8 heteroatoms. The fraction of sp³-hybridized carbons (Fsp3) is 0.320. The van der Waals surface area contributed by atoms with Crippen molar-refractivity contribution in [3.8, 4) is 16.9 Å². The molecule has 1 N–H and O–H groups in total. The van der Waals surface area contributed by atoms with Crippen LogP contribution in [0.3, 0.4) is 0 Å². The van der Waals surface area contributed by atoms with E-state index in [1.807, 2.05) is 42.8 Å². The molecule has 0 amide bonds. The molecule has 0 saturated heterocycles. The summed E-state index contributed by atoms with van der Waals surface area (Å²) in [4.78, 5) is 12.9. The van der Waals surface area contributed by atoms with Crippen LogP contribution in [0.25, 0.3) is 11.1 Å². The molecule has 0 bridgehead atoms. The van der Waals surface area contributed by atoms with Gasteiger partial charge in [0.2, 0.25) is 10.0 Å². The van der Waals surface area contributed by atoms with Gasteiger partial charge in [-0.15, -0.1) is 0 Å². The van der Waals surface area contributed by atoms with Crippen molar-refractivity contribution >= 4 is 16.0 Å². The molecule has 2 aromatic carbocycles. The predicted molar refractivity (Wildman–Crippen MR) is 128 cm³/mol. The molecule has 1 heterocycles. The second kappa shape index (κ2) is 10.7. The number of carbonyl (C=O) groups is 1. The largest absolute Gasteiger partial charge is 0.492 e. The number of nitrogens with zero attached hydrogens (tertiary/aromatic N) is 1. The minimum Gasteiger partial charge on any atom is -0.492 e. The summed E-state index contributed by atoms with van der Waals surface area (Å²) in [7, 11) is -1.68. The van der Waals surface area contributed by atoms with Crippen LogP contribution in [-0.4, -0.2) is 38.7 Å². The normalized spacial score (nSPS) is 11.4. The Labute approximate surface area is 195 Å². The minimum absolute atomic E-state index is 0.142. The van der Waals surface area contributed by atoms with Crippen molar-refractivity contribution in [3.05, 3.63) is 71.5 Å². The lowest BCUT2D eigenvalue weighted by Gasteiger charge is -2.10. The molecule has 0 fully saturated rings. The van der Waals surface area contributed by atoms with E-state index in [2.05, 4.69) is 11.6 Å². The minimum atomic E-state index is -3.56. The quantitative estimate of drug-likeness (QED) is 0.356. The Bertz CT molecular complexity index is 1200. The van der Waals surface area contributed by atoms with Crippen LogP contribution in [0.5, 0.6) is 5.75 Å². The van der Waals surface area contributed by atoms with Gasteiger partial charge in [0.05, 0.1) is 11.5 Å². The molecule has 0 aliphatic carbocycles. The highest BCUT2D eigenvalue weighted by atomic mass is 32.2. The van der Waals surface area contributed by atoms with Crippen LogP contribution in [0, 0.1) is 6.92 Å². The van der Waals surface area contributed by atoms with E-state index in [0.29, 0.717) is 18.1 Å². The number of ether oxygens (including phenoxy) is 2. The summed E-state index contributed by atoms with van der Waals surface area (Å²) < 4.78 is 39.9. The molecule has 3 aromatic rings. The maximum atomic E-state index is 12.6. The van der Waals surface area contributed by atoms with E-state index >= 15 is 0 Å². The molecule has 0 aliphatic heterocycles. The van der Waals surface area contributed by atoms with E-state index in [-0.39, 0.29) is 24.0 Å². The number of rotatable bonds is 10. The highest BCUT2D eigenvalue weighted by molar-refractivity contribution is 7.89. The van der Waals surface area contributed by atoms with Crippen molar-refractivity contribution in [1.29, 1.82) is 0 Å². The fourth-order valence-electron chi connectivity index (χ4n) is 3.92. The molecule has 0 atom stereocenters. The molecule has 176 valence electrons. The third-order valence-electron chi connectivity index (χ3n) is 5.45. The number of hydrogen-bond acceptors (Lipinski definition) is 5. The Hall–Kier alpha value is -3.10. The standard InChI is InChI=1S/C25H30N2O5S/c1-5-22-18(3)23(24(27(22)4)25(28)31-6-2)19-12-14-20(15-13-19)32-17-16-26-33(29,30)21-10-8-7-9-11-21/h7-15,26H,5-6,16-17H2,1-4H3. The van der Waals surface area contributed by atoms with E-state index in [1.54, 1.807) is 37.3 Å². The van der Waals surface area contributed by atoms with Gasteiger partial charge in [-0.05, 0) is 55.7 Å². The summed E-state index contributed by atoms with van der Waals surface area (Å²) in [6, 6.07) is 15.6. The summed E-state index contributed by atoms with van der Waals surface area (Å²) in [6.07, 6.45) is 0.800. The first-order chi connectivity index (χ1) is 15.8. The number of hydrogen-bond donors (Lipinski definition) is 1. The van der Waals surface area contributed by atoms with Crippen LogP contribution < -0.4 is 9.46 Å². The Morgan fingerprint density at radius 3 is 2.30 bits per heavy atom. The lowest BCUT2D eigenvalue weighted by Crippen LogP contribution is -2.28. The van der Waals surface area contributed by atoms with Crippen molar-refractivity contribution in [2.75, 3.05) is 19.8 Å². The molecule has 1 aromatic heterocycles. The Balaban J connectivity index is 1.70. The van der Waals surface area contributed by atoms with Gasteiger partial charge in [0, 0.05) is 24.8 Å². The average molecular weight is 471 g/mol. The third kappa shape index (κ3) is 5.46. The molecule has 0 aliphatic rings. The van der Waals surface area contributed by atoms with Crippen molar-refractivity contribution in [3.63, 3.8) is 0 Å². The maximum Gasteiger partial charge on any atom is 0.355 e. The number of esters is 1. The van der Waals surface area contributed by atoms with Crippen LogP contribution in [0.1, 0.15) is 35.6 Å². The topological polar surface area (TPSA) is 86.6 Å². The zero-order valence-corrected chi connectivity index (χ0v) is 20.2. The van der Waals surface area contributed by atoms with Gasteiger partial charge < -0.3 is 14.0 Å². The molecule has 0 unspecified atom stereocenters. The smallest absolute Gasteiger partial charge is 0.355 e. The zero-order valence-electron chi connectivity index (χ0n) is 19.4. The fourth-order valence-corrected chi connectivity index (χ4v) is 4.95. The van der Waals surface area contributed by atoms with E-state index in [1.165, 1.54) is 0 Å². The molecule has 0 spiro atoms. The van der Waals surface area contributed by atoms with Crippen LogP contribution in [0.4, 0.5) is 0 Å². The first-order valence-corrected chi connectivity index (χ1v) is 12.4. The van der Waals surface area contributed by atoms with Crippen molar-refractivity contribution < 1.29 is 22.7 Å². The van der Waals surface area contributed by atoms with Crippen molar-refractivity contribution in [1.82, 2.24) is 9.29 Å². The molecule has 3 rings (SSSR count). The second-order valence-electron chi connectivity index (χ2n) is 7.51. The van der Waals surface area contributed by atoms with Crippen LogP contribution in [0.2, 0.25) is 0 Å². The molecule has 0 radical (unpaired) electrons. The van der Waals surface area contributed by atoms with Gasteiger partial charge in [-0.25, -0.2) is 17.9 Å². The van der Waals surface area contributed by atoms with E-state index in [4.69, 9.17) is 9.47 Å². The Morgan fingerprint density at radius 2 is 1.70 bits per heavy atom. The van der Waals surface area contributed by atoms with Gasteiger partial charge >= 0.3 is 5.97 Å². The third-order valence-corrected chi connectivity index (χ3v) is 6.92. The van der Waals surface area contributed by atoms with Gasteiger partial charge in [-0.2, -0.15) is 0 Å². The predicted octanol–water partition coefficient (Wildman–Crippen LogP) is 4.10. The van der Waals surface area contributed by atoms with Crippen LogP contribution in [0.15, 0.2) is 59.5 Å². The van der Waals surface area contributed by atoms with Gasteiger partial charge in [0.25, 0.3) is 0 Å². The first-order valence-electron chi connectivity index (χ1n) is 10.9. The average Bonchev–Trinajstić information content (AvgIpc) is 3.07. The number of carbonyl (C=O) groups excluding carboxylic acids is 1. The van der Waals surface area contributed by atoms with E-state index in [0.717, 1.165) is 28.8 Å². The van der Waals surface area contributed by atoms with Gasteiger partial charge in [0.15, 0.2) is 0 Å². The zero-order chi connectivity index (χ0) is 24.0. The highest BCUT2D eigenvalue weighted by Crippen LogP contribution is 2.33. The number of sulfonamides is 1. The van der Waals surface area contributed by atoms with Crippen molar-refractivity contribution in [2.24, 2.45) is 7.05 Å². The molecule has 33 heavy (non-hydrogen) atoms. The van der Waals surface area contributed by atoms with E-state index < -0.39 is 10.0 Å². The van der Waals surface area contributed by atoms with E-state index in [9.17, 15) is 13.2 Å². The first kappa shape index (κ1) is 24.5. The Morgan fingerprint density at radius 1 is 1.03 bits per heavy atom. The lowest BCUT2D eigenvalue weighted by atomic mass is 10.0. The van der Waals surface area contributed by atoms with Gasteiger partial charge in [-0.1, -0.05) is 37.3 Å². The Kier molecular flexibility index (Phi) is 7.94. The van der Waals surface area contributed by atoms with Crippen molar-refractivity contribution in [2.45, 2.75) is 32.1 Å². The SMILES string of the molecule is CCOC(=O)c1c(-c2ccc(OCCNS(=O)(=O)c3ccccc3)cc2)c(C)c(CC)n1C. The summed E-state index contributed by atoms with van der Waals surface area (Å²) in [5.74, 6) is 0.267. The summed E-state index contributed by atoms with van der Waals surface area (Å²) in [6.45, 7) is 6.50. The molecular formula is C25H30N2O5S. The lowest BCUT2D eigenvalue weighted by molar-refractivity contribution is 0.0516. The number of aromatic nitrogens is 1. The molecular weight excluding hydrogens is 440 g/mol. The highest BCUT2D eigenvalue weighted by Gasteiger charge is 2.24. The summed E-state index contributed by atoms with van der Waals surface area (Å²) >= 11 is 0. The van der Waals surface area contributed by atoms with Crippen LogP contribution >= 0.6 is 0 Å². The van der Waals surface area contributed by atoms with Gasteiger partial charge in [-0.3, -0.25) is 0 Å². The monoisotopic (exact) mass is 470 g/mol. The molecule has 7 nitrogen and oxygen atoms in total. The molecule has 0 saturated carbocycles. The maximum absolute atomic E-state index is 12.6. The number of nitrogens with one attached hydrogen (secondary N) is 1. The number of benzene rings is 2.